The van der Waals surface area contributed by atoms with E-state index in [9.17, 15) is 9.59 Å². The van der Waals surface area contributed by atoms with Gasteiger partial charge in [0.15, 0.2) is 5.82 Å². The normalized spacial score (nSPS) is 19.0. The molecule has 0 saturated carbocycles. The molecule has 0 spiro atoms. The van der Waals surface area contributed by atoms with Crippen molar-refractivity contribution in [2.75, 3.05) is 36.9 Å². The molecule has 0 bridgehead atoms. The first-order valence-electron chi connectivity index (χ1n) is 10.2. The van der Waals surface area contributed by atoms with Crippen molar-refractivity contribution in [3.63, 3.8) is 0 Å². The minimum absolute atomic E-state index is 0.0371. The first kappa shape index (κ1) is 19.4. The number of benzene rings is 1. The number of fused-ring (bicyclic) bond motifs is 1. The highest BCUT2D eigenvalue weighted by Gasteiger charge is 2.26. The van der Waals surface area contributed by atoms with Crippen molar-refractivity contribution >= 4 is 23.3 Å². The third-order valence-corrected chi connectivity index (χ3v) is 5.75. The number of carbonyl (C=O) groups is 2. The van der Waals surface area contributed by atoms with Crippen molar-refractivity contribution in [3.05, 3.63) is 53.7 Å². The number of likely N-dealkylation sites (tertiary alicyclic amines) is 1. The molecule has 2 amide bonds. The van der Waals surface area contributed by atoms with E-state index in [0.717, 1.165) is 18.5 Å². The fourth-order valence-corrected chi connectivity index (χ4v) is 4.05. The predicted molar refractivity (Wildman–Crippen MR) is 113 cm³/mol. The quantitative estimate of drug-likeness (QED) is 0.787. The molecule has 29 heavy (non-hydrogen) atoms. The summed E-state index contributed by atoms with van der Waals surface area (Å²) >= 11 is 0. The van der Waals surface area contributed by atoms with Gasteiger partial charge < -0.3 is 20.4 Å². The third-order valence-electron chi connectivity index (χ3n) is 5.75. The lowest BCUT2D eigenvalue weighted by atomic mass is 10.1. The van der Waals surface area contributed by atoms with E-state index >= 15 is 0 Å². The summed E-state index contributed by atoms with van der Waals surface area (Å²) in [6.45, 7) is 2.42. The predicted octanol–water partition coefficient (Wildman–Crippen LogP) is 2.25. The van der Waals surface area contributed by atoms with Gasteiger partial charge in [-0.15, -0.1) is 0 Å². The van der Waals surface area contributed by atoms with Crippen LogP contribution in [0.5, 0.6) is 0 Å². The maximum absolute atomic E-state index is 12.6. The molecule has 2 aromatic rings. The van der Waals surface area contributed by atoms with Crippen molar-refractivity contribution in [1.29, 1.82) is 0 Å². The Bertz CT molecular complexity index is 886. The van der Waals surface area contributed by atoms with E-state index in [1.165, 1.54) is 12.8 Å². The number of anilines is 2. The van der Waals surface area contributed by atoms with Gasteiger partial charge in [0, 0.05) is 18.8 Å². The van der Waals surface area contributed by atoms with Crippen LogP contribution in [0.25, 0.3) is 0 Å². The standard InChI is InChI=1S/C22H27N5O2/c1-26-11-5-8-18(26)9-10-23-22(29)17-12-19-21(24-13-17)25-14-20(28)27(19)15-16-6-3-2-4-7-16/h2-4,6-7,12-13,18H,5,8-11,14-15H2,1H3,(H,23,29)(H,24,25). The molecule has 2 N–H and O–H groups in total. The molecule has 1 aromatic heterocycles. The molecule has 1 atom stereocenters. The summed E-state index contributed by atoms with van der Waals surface area (Å²) in [7, 11) is 2.14. The zero-order valence-corrected chi connectivity index (χ0v) is 16.7. The van der Waals surface area contributed by atoms with Crippen LogP contribution in [0.2, 0.25) is 0 Å². The summed E-state index contributed by atoms with van der Waals surface area (Å²) in [6.07, 6.45) is 4.93. The highest BCUT2D eigenvalue weighted by Crippen LogP contribution is 2.29. The van der Waals surface area contributed by atoms with E-state index in [1.54, 1.807) is 17.2 Å². The maximum Gasteiger partial charge on any atom is 0.252 e. The highest BCUT2D eigenvalue weighted by molar-refractivity contribution is 6.04. The van der Waals surface area contributed by atoms with Crippen LogP contribution in [-0.4, -0.2) is 54.4 Å². The average Bonchev–Trinajstić information content (AvgIpc) is 3.15. The number of carbonyl (C=O) groups excluding carboxylic acids is 2. The molecular weight excluding hydrogens is 366 g/mol. The largest absolute Gasteiger partial charge is 0.359 e. The molecule has 152 valence electrons. The maximum atomic E-state index is 12.6. The van der Waals surface area contributed by atoms with Gasteiger partial charge in [-0.3, -0.25) is 9.59 Å². The lowest BCUT2D eigenvalue weighted by molar-refractivity contribution is -0.117. The Labute approximate surface area is 171 Å². The molecule has 2 aliphatic heterocycles. The van der Waals surface area contributed by atoms with Gasteiger partial charge in [-0.1, -0.05) is 30.3 Å². The van der Waals surface area contributed by atoms with Crippen LogP contribution < -0.4 is 15.5 Å². The van der Waals surface area contributed by atoms with Crippen LogP contribution in [0.15, 0.2) is 42.6 Å². The fraction of sp³-hybridized carbons (Fsp3) is 0.409. The summed E-state index contributed by atoms with van der Waals surface area (Å²) in [5.41, 5.74) is 2.15. The van der Waals surface area contributed by atoms with E-state index in [0.29, 0.717) is 36.2 Å². The van der Waals surface area contributed by atoms with Gasteiger partial charge in [0.2, 0.25) is 5.91 Å². The second-order valence-corrected chi connectivity index (χ2v) is 7.73. The van der Waals surface area contributed by atoms with E-state index in [-0.39, 0.29) is 18.4 Å². The molecule has 1 unspecified atom stereocenters. The summed E-state index contributed by atoms with van der Waals surface area (Å²) in [6, 6.07) is 12.1. The number of pyridine rings is 1. The van der Waals surface area contributed by atoms with Crippen molar-refractivity contribution in [1.82, 2.24) is 15.2 Å². The Morgan fingerprint density at radius 2 is 2.14 bits per heavy atom. The van der Waals surface area contributed by atoms with Gasteiger partial charge in [-0.25, -0.2) is 4.98 Å². The smallest absolute Gasteiger partial charge is 0.252 e. The molecule has 1 fully saturated rings. The molecule has 4 rings (SSSR count). The van der Waals surface area contributed by atoms with Crippen LogP contribution >= 0.6 is 0 Å². The van der Waals surface area contributed by atoms with Crippen LogP contribution in [0.3, 0.4) is 0 Å². The number of hydrogen-bond acceptors (Lipinski definition) is 5. The highest BCUT2D eigenvalue weighted by atomic mass is 16.2. The van der Waals surface area contributed by atoms with Crippen LogP contribution in [-0.2, 0) is 11.3 Å². The fourth-order valence-electron chi connectivity index (χ4n) is 4.05. The lowest BCUT2D eigenvalue weighted by Gasteiger charge is -2.29. The second kappa shape index (κ2) is 8.61. The van der Waals surface area contributed by atoms with E-state index in [4.69, 9.17) is 0 Å². The summed E-state index contributed by atoms with van der Waals surface area (Å²) in [5, 5.41) is 6.04. The zero-order chi connectivity index (χ0) is 20.2. The molecule has 3 heterocycles. The lowest BCUT2D eigenvalue weighted by Crippen LogP contribution is -2.40. The Morgan fingerprint density at radius 3 is 2.90 bits per heavy atom. The van der Waals surface area contributed by atoms with Crippen LogP contribution in [0.4, 0.5) is 11.5 Å². The minimum atomic E-state index is -0.154. The second-order valence-electron chi connectivity index (χ2n) is 7.73. The molecule has 2 aliphatic rings. The molecule has 7 nitrogen and oxygen atoms in total. The van der Waals surface area contributed by atoms with Gasteiger partial charge >= 0.3 is 0 Å². The number of nitrogens with zero attached hydrogens (tertiary/aromatic N) is 3. The minimum Gasteiger partial charge on any atom is -0.359 e. The van der Waals surface area contributed by atoms with Crippen molar-refractivity contribution in [2.45, 2.75) is 31.8 Å². The topological polar surface area (TPSA) is 77.6 Å². The SMILES string of the molecule is CN1CCCC1CCNC(=O)c1cnc2c(c1)N(Cc1ccccc1)C(=O)CN2. The number of amides is 2. The number of rotatable bonds is 6. The molecular formula is C22H27N5O2. The van der Waals surface area contributed by atoms with Crippen LogP contribution in [0, 0.1) is 0 Å². The molecule has 7 heteroatoms. The zero-order valence-electron chi connectivity index (χ0n) is 16.7. The molecule has 1 saturated heterocycles. The van der Waals surface area contributed by atoms with Crippen molar-refractivity contribution < 1.29 is 9.59 Å². The Morgan fingerprint density at radius 1 is 1.31 bits per heavy atom. The van der Waals surface area contributed by atoms with Gasteiger partial charge in [-0.05, 0) is 44.5 Å². The molecule has 0 aliphatic carbocycles. The Balaban J connectivity index is 1.45. The van der Waals surface area contributed by atoms with Crippen LogP contribution in [0.1, 0.15) is 35.2 Å². The Kier molecular flexibility index (Phi) is 5.76. The van der Waals surface area contributed by atoms with E-state index in [2.05, 4.69) is 27.6 Å². The van der Waals surface area contributed by atoms with Gasteiger partial charge in [0.1, 0.15) is 0 Å². The third kappa shape index (κ3) is 4.40. The first-order chi connectivity index (χ1) is 14.1. The average molecular weight is 393 g/mol. The van der Waals surface area contributed by atoms with E-state index in [1.807, 2.05) is 30.3 Å². The summed E-state index contributed by atoms with van der Waals surface area (Å²) in [4.78, 5) is 33.6. The number of nitrogens with one attached hydrogen (secondary N) is 2. The Hall–Kier alpha value is -2.93. The van der Waals surface area contributed by atoms with Crippen molar-refractivity contribution in [3.8, 4) is 0 Å². The summed E-state index contributed by atoms with van der Waals surface area (Å²) in [5.74, 6) is 0.438. The monoisotopic (exact) mass is 393 g/mol. The molecule has 1 aromatic carbocycles. The van der Waals surface area contributed by atoms with E-state index < -0.39 is 0 Å². The van der Waals surface area contributed by atoms with Gasteiger partial charge in [0.25, 0.3) is 5.91 Å². The first-order valence-corrected chi connectivity index (χ1v) is 10.2. The number of aromatic nitrogens is 1. The number of hydrogen-bond donors (Lipinski definition) is 2. The van der Waals surface area contributed by atoms with Gasteiger partial charge in [-0.2, -0.15) is 0 Å². The van der Waals surface area contributed by atoms with Crippen molar-refractivity contribution in [2.24, 2.45) is 0 Å². The summed E-state index contributed by atoms with van der Waals surface area (Å²) < 4.78 is 0. The molecule has 0 radical (unpaired) electrons. The van der Waals surface area contributed by atoms with Gasteiger partial charge in [0.05, 0.1) is 24.3 Å².